The minimum absolute atomic E-state index is 0.0969. The third-order valence-electron chi connectivity index (χ3n) is 9.13. The number of hydrogen-bond acceptors (Lipinski definition) is 6. The van der Waals surface area contributed by atoms with Gasteiger partial charge in [-0.25, -0.2) is 4.39 Å². The van der Waals surface area contributed by atoms with Crippen molar-refractivity contribution in [3.63, 3.8) is 0 Å². The van der Waals surface area contributed by atoms with E-state index in [-0.39, 0.29) is 29.9 Å². The van der Waals surface area contributed by atoms with Gasteiger partial charge in [0.1, 0.15) is 11.9 Å². The molecule has 3 fully saturated rings. The number of piperidine rings is 1. The van der Waals surface area contributed by atoms with E-state index in [4.69, 9.17) is 10.5 Å². The van der Waals surface area contributed by atoms with E-state index in [0.29, 0.717) is 68.6 Å². The van der Waals surface area contributed by atoms with Crippen LogP contribution in [0.1, 0.15) is 72.1 Å². The molecule has 9 nitrogen and oxygen atoms in total. The van der Waals surface area contributed by atoms with Gasteiger partial charge in [0.25, 0.3) is 11.8 Å². The van der Waals surface area contributed by atoms with Crippen molar-refractivity contribution >= 4 is 17.7 Å². The van der Waals surface area contributed by atoms with Crippen molar-refractivity contribution in [3.8, 4) is 0 Å². The lowest BCUT2D eigenvalue weighted by Crippen LogP contribution is -2.59. The van der Waals surface area contributed by atoms with Gasteiger partial charge in [-0.2, -0.15) is 0 Å². The van der Waals surface area contributed by atoms with Crippen LogP contribution in [0.4, 0.5) is 4.39 Å². The van der Waals surface area contributed by atoms with Gasteiger partial charge in [0, 0.05) is 50.2 Å². The normalized spacial score (nSPS) is 26.0. The number of nitrogens with zero attached hydrogens (tertiary/aromatic N) is 3. The number of nitrogens with one attached hydrogen (secondary N) is 1. The number of benzene rings is 1. The highest BCUT2D eigenvalue weighted by atomic mass is 19.1. The average Bonchev–Trinajstić information content (AvgIpc) is 3.56. The molecule has 2 aliphatic heterocycles. The van der Waals surface area contributed by atoms with Gasteiger partial charge in [0.05, 0.1) is 11.7 Å². The van der Waals surface area contributed by atoms with Crippen LogP contribution < -0.4 is 11.1 Å². The third-order valence-corrected chi connectivity index (χ3v) is 9.13. The van der Waals surface area contributed by atoms with E-state index in [9.17, 15) is 18.8 Å². The van der Waals surface area contributed by atoms with Crippen LogP contribution in [0, 0.1) is 17.7 Å². The summed E-state index contributed by atoms with van der Waals surface area (Å²) in [6.07, 6.45) is 9.80. The summed E-state index contributed by atoms with van der Waals surface area (Å²) < 4.78 is 19.5. The lowest BCUT2D eigenvalue weighted by Gasteiger charge is -2.43. The van der Waals surface area contributed by atoms with Crippen molar-refractivity contribution < 1.29 is 23.5 Å². The Labute approximate surface area is 247 Å². The standard InChI is InChI=1S/C32H42FN5O4/c33-26-11-9-24(10-12-26)31(40)38(21-28-4-2-16-42-28)27-13-15-37(32(41)25-3-1-14-35-20-25)29(17-27)30(39)36-19-23-7-5-22(18-34)6-8-23/h1,3,9-12,14,20,22-23,27-29H,2,4-8,13,15-19,21,34H2,(H,36,39)/t22?,23?,27?,28?,29-/m1/s1. The van der Waals surface area contributed by atoms with Gasteiger partial charge in [0.2, 0.25) is 5.91 Å². The number of amides is 3. The van der Waals surface area contributed by atoms with Crippen LogP contribution in [0.2, 0.25) is 0 Å². The van der Waals surface area contributed by atoms with E-state index < -0.39 is 11.9 Å². The van der Waals surface area contributed by atoms with Crippen molar-refractivity contribution in [3.05, 3.63) is 65.7 Å². The van der Waals surface area contributed by atoms with Crippen LogP contribution in [0.25, 0.3) is 0 Å². The topological polar surface area (TPSA) is 118 Å². The quantitative estimate of drug-likeness (QED) is 0.470. The molecule has 3 N–H and O–H groups in total. The van der Waals surface area contributed by atoms with E-state index in [1.807, 2.05) is 0 Å². The number of hydrogen-bond donors (Lipinski definition) is 2. The zero-order valence-electron chi connectivity index (χ0n) is 24.1. The Hall–Kier alpha value is -3.37. The Kier molecular flexibility index (Phi) is 10.2. The molecule has 3 heterocycles. The lowest BCUT2D eigenvalue weighted by molar-refractivity contribution is -0.127. The van der Waals surface area contributed by atoms with E-state index in [1.54, 1.807) is 28.1 Å². The highest BCUT2D eigenvalue weighted by Gasteiger charge is 2.41. The summed E-state index contributed by atoms with van der Waals surface area (Å²) in [7, 11) is 0. The molecule has 1 aromatic carbocycles. The molecule has 10 heteroatoms. The van der Waals surface area contributed by atoms with Gasteiger partial charge in [-0.1, -0.05) is 0 Å². The second-order valence-electron chi connectivity index (χ2n) is 11.9. The number of aromatic nitrogens is 1. The first-order valence-electron chi connectivity index (χ1n) is 15.3. The fourth-order valence-electron chi connectivity index (χ4n) is 6.57. The Morgan fingerprint density at radius 2 is 1.79 bits per heavy atom. The zero-order valence-corrected chi connectivity index (χ0v) is 24.1. The summed E-state index contributed by atoms with van der Waals surface area (Å²) in [4.78, 5) is 48.7. The maximum atomic E-state index is 13.8. The van der Waals surface area contributed by atoms with Gasteiger partial charge in [-0.15, -0.1) is 0 Å². The van der Waals surface area contributed by atoms with Crippen LogP contribution >= 0.6 is 0 Å². The molecule has 3 atom stereocenters. The smallest absolute Gasteiger partial charge is 0.256 e. The molecule has 5 rings (SSSR count). The van der Waals surface area contributed by atoms with Crippen molar-refractivity contribution in [1.82, 2.24) is 20.1 Å². The Morgan fingerprint density at radius 1 is 1.02 bits per heavy atom. The number of likely N-dealkylation sites (tertiary alicyclic amines) is 1. The van der Waals surface area contributed by atoms with E-state index >= 15 is 0 Å². The van der Waals surface area contributed by atoms with Gasteiger partial charge in [0.15, 0.2) is 0 Å². The van der Waals surface area contributed by atoms with Gasteiger partial charge in [-0.05, 0) is 106 Å². The molecule has 1 aromatic heterocycles. The molecule has 0 spiro atoms. The van der Waals surface area contributed by atoms with Gasteiger partial charge in [-0.3, -0.25) is 19.4 Å². The van der Waals surface area contributed by atoms with Crippen LogP contribution in [-0.4, -0.2) is 83.5 Å². The molecule has 2 unspecified atom stereocenters. The van der Waals surface area contributed by atoms with Gasteiger partial charge >= 0.3 is 0 Å². The SMILES string of the molecule is NCC1CCC(CNC(=O)[C@H]2CC(N(CC3CCCO3)C(=O)c3ccc(F)cc3)CCN2C(=O)c2cccnc2)CC1. The number of pyridine rings is 1. The first-order chi connectivity index (χ1) is 20.4. The van der Waals surface area contributed by atoms with E-state index in [0.717, 1.165) is 38.5 Å². The number of rotatable bonds is 9. The Morgan fingerprint density at radius 3 is 2.45 bits per heavy atom. The molecule has 1 saturated carbocycles. The van der Waals surface area contributed by atoms with Crippen LogP contribution in [0.5, 0.6) is 0 Å². The number of ether oxygens (including phenoxy) is 1. The van der Waals surface area contributed by atoms with Crippen molar-refractivity contribution in [2.24, 2.45) is 17.6 Å². The average molecular weight is 580 g/mol. The summed E-state index contributed by atoms with van der Waals surface area (Å²) in [6.45, 7) is 2.61. The summed E-state index contributed by atoms with van der Waals surface area (Å²) in [5.74, 6) is -0.150. The molecule has 0 bridgehead atoms. The first kappa shape index (κ1) is 30.1. The molecule has 0 radical (unpaired) electrons. The summed E-state index contributed by atoms with van der Waals surface area (Å²) in [6, 6.07) is 7.92. The fourth-order valence-corrected chi connectivity index (χ4v) is 6.57. The maximum Gasteiger partial charge on any atom is 0.256 e. The molecule has 3 amide bonds. The van der Waals surface area contributed by atoms with Crippen LogP contribution in [0.15, 0.2) is 48.8 Å². The van der Waals surface area contributed by atoms with Gasteiger partial charge < -0.3 is 25.6 Å². The summed E-state index contributed by atoms with van der Waals surface area (Å²) >= 11 is 0. The number of carbonyl (C=O) groups is 3. The number of halogens is 1. The molecule has 3 aliphatic rings. The second kappa shape index (κ2) is 14.2. The Balaban J connectivity index is 1.35. The lowest BCUT2D eigenvalue weighted by atomic mass is 9.82. The van der Waals surface area contributed by atoms with Crippen molar-refractivity contribution in [2.75, 3.05) is 32.8 Å². The van der Waals surface area contributed by atoms with E-state index in [1.165, 1.54) is 30.5 Å². The predicted molar refractivity (Wildman–Crippen MR) is 156 cm³/mol. The van der Waals surface area contributed by atoms with Crippen LogP contribution in [0.3, 0.4) is 0 Å². The monoisotopic (exact) mass is 579 g/mol. The number of carbonyl (C=O) groups excluding carboxylic acids is 3. The highest BCUT2D eigenvalue weighted by Crippen LogP contribution is 2.29. The summed E-state index contributed by atoms with van der Waals surface area (Å²) in [5, 5.41) is 3.14. The number of nitrogens with two attached hydrogens (primary N) is 1. The predicted octanol–water partition coefficient (Wildman–Crippen LogP) is 3.40. The molecule has 226 valence electrons. The molecule has 2 saturated heterocycles. The maximum absolute atomic E-state index is 13.8. The minimum Gasteiger partial charge on any atom is -0.376 e. The summed E-state index contributed by atoms with van der Waals surface area (Å²) in [5.41, 5.74) is 6.66. The fraction of sp³-hybridized carbons (Fsp3) is 0.562. The van der Waals surface area contributed by atoms with Crippen molar-refractivity contribution in [2.45, 2.75) is 69.6 Å². The highest BCUT2D eigenvalue weighted by molar-refractivity contribution is 5.98. The Bertz CT molecular complexity index is 1200. The van der Waals surface area contributed by atoms with E-state index in [2.05, 4.69) is 10.3 Å². The second-order valence-corrected chi connectivity index (χ2v) is 11.9. The minimum atomic E-state index is -0.746. The largest absolute Gasteiger partial charge is 0.376 e. The molecule has 42 heavy (non-hydrogen) atoms. The molecular formula is C32H42FN5O4. The first-order valence-corrected chi connectivity index (χ1v) is 15.3. The molecular weight excluding hydrogens is 537 g/mol. The zero-order chi connectivity index (χ0) is 29.5. The third kappa shape index (κ3) is 7.33. The van der Waals surface area contributed by atoms with Crippen LogP contribution in [-0.2, 0) is 9.53 Å². The molecule has 2 aromatic rings. The molecule has 1 aliphatic carbocycles. The van der Waals surface area contributed by atoms with Crippen molar-refractivity contribution in [1.29, 1.82) is 0 Å².